The van der Waals surface area contributed by atoms with E-state index >= 15 is 0 Å². The average molecular weight is 454 g/mol. The molecule has 0 radical (unpaired) electrons. The number of hydrogen-bond acceptors (Lipinski definition) is 4. The molecule has 0 aliphatic rings. The number of nitrogens with two attached hydrogens (primary N) is 1. The molecule has 7 heteroatoms. The highest BCUT2D eigenvalue weighted by Crippen LogP contribution is 2.20. The highest BCUT2D eigenvalue weighted by atomic mass is 35.5. The Balaban J connectivity index is 1.70. The summed E-state index contributed by atoms with van der Waals surface area (Å²) in [6.45, 7) is 0. The first-order chi connectivity index (χ1) is 14.6. The van der Waals surface area contributed by atoms with Crippen LogP contribution in [0.15, 0.2) is 94.9 Å². The van der Waals surface area contributed by atoms with Gasteiger partial charge in [0.25, 0.3) is 0 Å². The fourth-order valence-corrected chi connectivity index (χ4v) is 4.01. The molecule has 0 spiro atoms. The molecule has 0 amide bonds. The molecule has 2 N–H and O–H groups in total. The van der Waals surface area contributed by atoms with E-state index in [0.717, 1.165) is 11.3 Å². The van der Waals surface area contributed by atoms with Crippen molar-refractivity contribution < 1.29 is 4.79 Å². The number of carbonyl (C=O) groups is 1. The van der Waals surface area contributed by atoms with Crippen LogP contribution in [0, 0.1) is 0 Å². The number of para-hydroxylation sites is 1. The average Bonchev–Trinajstić information content (AvgIpc) is 2.78. The number of halogens is 1. The zero-order valence-electron chi connectivity index (χ0n) is 16.1. The first-order valence-electron chi connectivity index (χ1n) is 9.16. The Morgan fingerprint density at radius 2 is 1.50 bits per heavy atom. The minimum absolute atomic E-state index is 0.0175. The summed E-state index contributed by atoms with van der Waals surface area (Å²) >= 11 is 8.61. The van der Waals surface area contributed by atoms with Crippen LogP contribution in [0.2, 0.25) is 5.02 Å². The minimum atomic E-state index is 0.0175. The first kappa shape index (κ1) is 22.2. The van der Waals surface area contributed by atoms with E-state index in [4.69, 9.17) is 17.3 Å². The van der Waals surface area contributed by atoms with Crippen LogP contribution in [0.3, 0.4) is 0 Å². The third-order valence-corrected chi connectivity index (χ3v) is 5.88. The summed E-state index contributed by atoms with van der Waals surface area (Å²) in [4.78, 5) is 21.5. The van der Waals surface area contributed by atoms with E-state index in [2.05, 4.69) is 9.98 Å². The summed E-state index contributed by atoms with van der Waals surface area (Å²) in [7, 11) is 0. The predicted octanol–water partition coefficient (Wildman–Crippen LogP) is 6.19. The van der Waals surface area contributed by atoms with Crippen LogP contribution in [-0.2, 0) is 5.75 Å². The van der Waals surface area contributed by atoms with Crippen LogP contribution >= 0.6 is 35.1 Å². The van der Waals surface area contributed by atoms with Crippen LogP contribution in [0.4, 0.5) is 5.69 Å². The van der Waals surface area contributed by atoms with Crippen molar-refractivity contribution in [3.8, 4) is 0 Å². The summed E-state index contributed by atoms with van der Waals surface area (Å²) in [6, 6.07) is 26.3. The predicted molar refractivity (Wildman–Crippen MR) is 131 cm³/mol. The molecule has 0 aliphatic heterocycles. The van der Waals surface area contributed by atoms with E-state index in [1.807, 2.05) is 72.8 Å². The van der Waals surface area contributed by atoms with Crippen molar-refractivity contribution in [3.05, 3.63) is 101 Å². The number of benzene rings is 3. The number of rotatable bonds is 6. The summed E-state index contributed by atoms with van der Waals surface area (Å²) in [6.07, 6.45) is 0. The molecule has 3 aromatic rings. The second-order valence-corrected chi connectivity index (χ2v) is 8.55. The van der Waals surface area contributed by atoms with Gasteiger partial charge in [0.05, 0.1) is 11.4 Å². The lowest BCUT2D eigenvalue weighted by molar-refractivity contribution is 0.102. The standard InChI is InChI=1S/C23H20ClN3OS2/c24-19-13-11-17(12-14-19)15-29-22(25)27-23(26-20-9-5-2-6-10-20)30-16-21(28)18-7-3-1-4-8-18/h1-14H,15-16H2,(H2,25,26,27). The fraction of sp³-hybridized carbons (Fsp3) is 0.0870. The minimum Gasteiger partial charge on any atom is -0.378 e. The Bertz CT molecular complexity index is 1020. The van der Waals surface area contributed by atoms with Gasteiger partial charge in [-0.2, -0.15) is 4.99 Å². The van der Waals surface area contributed by atoms with Crippen molar-refractivity contribution in [1.29, 1.82) is 0 Å². The molecule has 4 nitrogen and oxygen atoms in total. The van der Waals surface area contributed by atoms with E-state index in [-0.39, 0.29) is 11.5 Å². The van der Waals surface area contributed by atoms with Gasteiger partial charge in [-0.3, -0.25) is 4.79 Å². The second-order valence-electron chi connectivity index (χ2n) is 6.17. The van der Waals surface area contributed by atoms with Gasteiger partial charge in [-0.25, -0.2) is 4.99 Å². The van der Waals surface area contributed by atoms with Gasteiger partial charge in [0.15, 0.2) is 16.1 Å². The molecule has 0 fully saturated rings. The molecule has 0 bridgehead atoms. The Kier molecular flexibility index (Phi) is 8.56. The molecule has 0 saturated carbocycles. The lowest BCUT2D eigenvalue weighted by atomic mass is 10.2. The Labute approximate surface area is 189 Å². The Morgan fingerprint density at radius 3 is 2.17 bits per heavy atom. The molecule has 0 aliphatic carbocycles. The lowest BCUT2D eigenvalue weighted by Gasteiger charge is -2.05. The van der Waals surface area contributed by atoms with Crippen LogP contribution in [0.5, 0.6) is 0 Å². The quantitative estimate of drug-likeness (QED) is 0.274. The lowest BCUT2D eigenvalue weighted by Crippen LogP contribution is -2.11. The zero-order chi connectivity index (χ0) is 21.2. The first-order valence-corrected chi connectivity index (χ1v) is 11.5. The molecule has 152 valence electrons. The van der Waals surface area contributed by atoms with Crippen LogP contribution < -0.4 is 5.73 Å². The molecule has 0 unspecified atom stereocenters. The monoisotopic (exact) mass is 453 g/mol. The van der Waals surface area contributed by atoms with Crippen molar-refractivity contribution in [2.45, 2.75) is 5.75 Å². The smallest absolute Gasteiger partial charge is 0.190 e. The van der Waals surface area contributed by atoms with Gasteiger partial charge in [-0.15, -0.1) is 0 Å². The highest BCUT2D eigenvalue weighted by molar-refractivity contribution is 8.15. The third-order valence-electron chi connectivity index (χ3n) is 3.91. The van der Waals surface area contributed by atoms with Gasteiger partial charge < -0.3 is 5.73 Å². The SMILES string of the molecule is NC(=NC(=Nc1ccccc1)SCC(=O)c1ccccc1)SCc1ccc(Cl)cc1. The highest BCUT2D eigenvalue weighted by Gasteiger charge is 2.09. The molecule has 0 heterocycles. The van der Waals surface area contributed by atoms with Gasteiger partial charge >= 0.3 is 0 Å². The fourth-order valence-electron chi connectivity index (χ4n) is 2.40. The topological polar surface area (TPSA) is 67.8 Å². The van der Waals surface area contributed by atoms with Gasteiger partial charge in [0.1, 0.15) is 0 Å². The number of hydrogen-bond donors (Lipinski definition) is 1. The van der Waals surface area contributed by atoms with Crippen molar-refractivity contribution in [3.63, 3.8) is 0 Å². The number of aliphatic imine (C=N–C) groups is 2. The number of amidine groups is 2. The summed E-state index contributed by atoms with van der Waals surface area (Å²) in [5.41, 5.74) is 8.65. The number of carbonyl (C=O) groups excluding carboxylic acids is 1. The van der Waals surface area contributed by atoms with E-state index < -0.39 is 0 Å². The maximum Gasteiger partial charge on any atom is 0.190 e. The molecular weight excluding hydrogens is 434 g/mol. The normalized spacial score (nSPS) is 12.0. The van der Waals surface area contributed by atoms with Crippen LogP contribution in [0.25, 0.3) is 0 Å². The van der Waals surface area contributed by atoms with Gasteiger partial charge in [0.2, 0.25) is 0 Å². The van der Waals surface area contributed by atoms with E-state index in [9.17, 15) is 4.79 Å². The van der Waals surface area contributed by atoms with Crippen molar-refractivity contribution >= 4 is 56.9 Å². The molecule has 0 aromatic heterocycles. The van der Waals surface area contributed by atoms with Crippen molar-refractivity contribution in [2.75, 3.05) is 5.75 Å². The number of ketones is 1. The molecular formula is C23H20ClN3OS2. The second kappa shape index (κ2) is 11.6. The molecule has 30 heavy (non-hydrogen) atoms. The molecule has 0 atom stereocenters. The Hall–Kier alpha value is -2.54. The Morgan fingerprint density at radius 1 is 0.867 bits per heavy atom. The number of nitrogens with zero attached hydrogens (tertiary/aromatic N) is 2. The van der Waals surface area contributed by atoms with Gasteiger partial charge in [-0.1, -0.05) is 95.8 Å². The molecule has 3 rings (SSSR count). The maximum atomic E-state index is 12.5. The summed E-state index contributed by atoms with van der Waals surface area (Å²) in [5, 5.41) is 1.54. The maximum absolute atomic E-state index is 12.5. The van der Waals surface area contributed by atoms with Gasteiger partial charge in [-0.05, 0) is 29.8 Å². The number of thioether (sulfide) groups is 2. The van der Waals surface area contributed by atoms with E-state index in [1.165, 1.54) is 23.5 Å². The van der Waals surface area contributed by atoms with E-state index in [1.54, 1.807) is 12.1 Å². The van der Waals surface area contributed by atoms with Crippen LogP contribution in [0.1, 0.15) is 15.9 Å². The molecule has 0 saturated heterocycles. The van der Waals surface area contributed by atoms with Crippen molar-refractivity contribution in [1.82, 2.24) is 0 Å². The zero-order valence-corrected chi connectivity index (χ0v) is 18.5. The summed E-state index contributed by atoms with van der Waals surface area (Å²) < 4.78 is 0. The van der Waals surface area contributed by atoms with Crippen molar-refractivity contribution in [2.24, 2.45) is 15.7 Å². The number of Topliss-reactive ketones (excluding diaryl/α,β-unsaturated/α-hetero) is 1. The van der Waals surface area contributed by atoms with Crippen LogP contribution in [-0.4, -0.2) is 21.9 Å². The summed E-state index contributed by atoms with van der Waals surface area (Å²) in [5.74, 6) is 0.913. The van der Waals surface area contributed by atoms with E-state index in [0.29, 0.717) is 26.7 Å². The largest absolute Gasteiger partial charge is 0.378 e. The van der Waals surface area contributed by atoms with Gasteiger partial charge in [0, 0.05) is 16.3 Å². The molecule has 3 aromatic carbocycles. The third kappa shape index (κ3) is 7.37.